The summed E-state index contributed by atoms with van der Waals surface area (Å²) in [7, 11) is 0. The fourth-order valence-electron chi connectivity index (χ4n) is 5.53. The second kappa shape index (κ2) is 6.73. The molecule has 0 aromatic heterocycles. The van der Waals surface area contributed by atoms with Crippen LogP contribution in [-0.4, -0.2) is 5.25 Å². The van der Waals surface area contributed by atoms with Crippen LogP contribution in [0, 0.1) is 0 Å². The Morgan fingerprint density at radius 2 is 1.50 bits per heavy atom. The quantitative estimate of drug-likeness (QED) is 0.424. The van der Waals surface area contributed by atoms with Crippen LogP contribution in [-0.2, 0) is 0 Å². The third kappa shape index (κ3) is 2.53. The third-order valence-electron chi connectivity index (χ3n) is 7.13. The van der Waals surface area contributed by atoms with E-state index in [9.17, 15) is 0 Å². The highest BCUT2D eigenvalue weighted by molar-refractivity contribution is 9.12. The number of hydrogen-bond acceptors (Lipinski definition) is 1. The van der Waals surface area contributed by atoms with Crippen LogP contribution in [0.25, 0.3) is 11.1 Å². The SMILES string of the molecule is CC1=C(CC2c3ccccc3-c3ccccc32)C2=CC3SC(C)=C(C)C3=C(Br)C2=C1. The summed E-state index contributed by atoms with van der Waals surface area (Å²) in [5, 5.41) is 0.440. The van der Waals surface area contributed by atoms with Crippen molar-refractivity contribution in [2.24, 2.45) is 0 Å². The van der Waals surface area contributed by atoms with Gasteiger partial charge in [-0.3, -0.25) is 0 Å². The summed E-state index contributed by atoms with van der Waals surface area (Å²) in [5.74, 6) is 0.429. The van der Waals surface area contributed by atoms with E-state index in [1.807, 2.05) is 11.8 Å². The summed E-state index contributed by atoms with van der Waals surface area (Å²) in [4.78, 5) is 1.45. The molecule has 3 aliphatic carbocycles. The van der Waals surface area contributed by atoms with Crippen LogP contribution >= 0.6 is 27.7 Å². The number of fused-ring (bicyclic) bond motifs is 5. The molecule has 1 aliphatic heterocycles. The second-order valence-corrected chi connectivity index (χ2v) is 10.8. The van der Waals surface area contributed by atoms with Gasteiger partial charge in [0.15, 0.2) is 0 Å². The summed E-state index contributed by atoms with van der Waals surface area (Å²) in [6, 6.07) is 17.9. The van der Waals surface area contributed by atoms with Crippen molar-refractivity contribution in [1.29, 1.82) is 0 Å². The first kappa shape index (κ1) is 18.7. The van der Waals surface area contributed by atoms with E-state index in [2.05, 4.69) is 97.4 Å². The molecule has 0 nitrogen and oxygen atoms in total. The Morgan fingerprint density at radius 1 is 0.867 bits per heavy atom. The molecular weight excluding hydrogens is 448 g/mol. The molecule has 1 heterocycles. The van der Waals surface area contributed by atoms with Gasteiger partial charge in [-0.25, -0.2) is 0 Å². The van der Waals surface area contributed by atoms with E-state index in [1.54, 1.807) is 0 Å². The van der Waals surface area contributed by atoms with Crippen molar-refractivity contribution in [2.75, 3.05) is 0 Å². The molecular formula is C28H23BrS. The average Bonchev–Trinajstić information content (AvgIpc) is 3.34. The minimum absolute atomic E-state index is 0.429. The van der Waals surface area contributed by atoms with Crippen molar-refractivity contribution in [3.05, 3.63) is 115 Å². The Balaban J connectivity index is 1.41. The standard InChI is InChI=1S/C28H23BrS/c1-15-12-25-24(14-26-27(28(25)29)16(2)17(3)30-26)22(15)13-23-20-10-6-4-8-18(20)19-9-5-7-11-21(19)23/h4-12,14,23,26H,13H2,1-3H3. The zero-order valence-electron chi connectivity index (χ0n) is 17.4. The zero-order valence-corrected chi connectivity index (χ0v) is 19.8. The molecule has 1 unspecified atom stereocenters. The molecule has 4 aliphatic rings. The van der Waals surface area contributed by atoms with Crippen LogP contribution in [0.3, 0.4) is 0 Å². The van der Waals surface area contributed by atoms with Gasteiger partial charge < -0.3 is 0 Å². The van der Waals surface area contributed by atoms with Crippen LogP contribution in [0.5, 0.6) is 0 Å². The van der Waals surface area contributed by atoms with Gasteiger partial charge in [-0.15, -0.1) is 11.8 Å². The first-order valence-corrected chi connectivity index (χ1v) is 12.3. The molecule has 0 saturated carbocycles. The lowest BCUT2D eigenvalue weighted by Gasteiger charge is -2.24. The summed E-state index contributed by atoms with van der Waals surface area (Å²) in [6.45, 7) is 6.81. The van der Waals surface area contributed by atoms with Crippen LogP contribution in [0.15, 0.2) is 104 Å². The lowest BCUT2D eigenvalue weighted by Crippen LogP contribution is -2.11. The third-order valence-corrected chi connectivity index (χ3v) is 9.27. The van der Waals surface area contributed by atoms with Crippen molar-refractivity contribution in [1.82, 2.24) is 0 Å². The van der Waals surface area contributed by atoms with Crippen molar-refractivity contribution in [3.8, 4) is 11.1 Å². The number of benzene rings is 2. The zero-order chi connectivity index (χ0) is 20.6. The molecule has 0 saturated heterocycles. The predicted octanol–water partition coefficient (Wildman–Crippen LogP) is 8.44. The van der Waals surface area contributed by atoms with Crippen molar-refractivity contribution in [3.63, 3.8) is 0 Å². The van der Waals surface area contributed by atoms with Crippen LogP contribution in [0.1, 0.15) is 44.2 Å². The summed E-state index contributed by atoms with van der Waals surface area (Å²) < 4.78 is 1.30. The summed E-state index contributed by atoms with van der Waals surface area (Å²) >= 11 is 5.98. The number of allylic oxidation sites excluding steroid dienone is 8. The Morgan fingerprint density at radius 3 is 2.17 bits per heavy atom. The van der Waals surface area contributed by atoms with E-state index in [0.29, 0.717) is 11.2 Å². The van der Waals surface area contributed by atoms with Gasteiger partial charge in [-0.2, -0.15) is 0 Å². The summed E-state index contributed by atoms with van der Waals surface area (Å²) in [5.41, 5.74) is 14.4. The van der Waals surface area contributed by atoms with Crippen LogP contribution in [0.2, 0.25) is 0 Å². The number of hydrogen-bond donors (Lipinski definition) is 0. The van der Waals surface area contributed by atoms with E-state index < -0.39 is 0 Å². The van der Waals surface area contributed by atoms with E-state index in [1.165, 1.54) is 65.1 Å². The molecule has 30 heavy (non-hydrogen) atoms. The van der Waals surface area contributed by atoms with Crippen LogP contribution in [0.4, 0.5) is 0 Å². The largest absolute Gasteiger partial charge is 0.118 e. The first-order chi connectivity index (χ1) is 14.5. The molecule has 2 aromatic carbocycles. The van der Waals surface area contributed by atoms with Gasteiger partial charge >= 0.3 is 0 Å². The normalized spacial score (nSPS) is 22.2. The fourth-order valence-corrected chi connectivity index (χ4v) is 7.84. The minimum Gasteiger partial charge on any atom is -0.118 e. The van der Waals surface area contributed by atoms with Gasteiger partial charge in [0.25, 0.3) is 0 Å². The molecule has 1 atom stereocenters. The Bertz CT molecular complexity index is 1240. The maximum atomic E-state index is 3.99. The molecule has 6 rings (SSSR count). The molecule has 2 aromatic rings. The van der Waals surface area contributed by atoms with Gasteiger partial charge in [-0.05, 0) is 110 Å². The molecule has 148 valence electrons. The van der Waals surface area contributed by atoms with Gasteiger partial charge in [0.2, 0.25) is 0 Å². The van der Waals surface area contributed by atoms with Gasteiger partial charge in [-0.1, -0.05) is 54.6 Å². The molecule has 0 bridgehead atoms. The number of rotatable bonds is 2. The molecule has 0 N–H and O–H groups in total. The number of halogens is 1. The van der Waals surface area contributed by atoms with Crippen molar-refractivity contribution < 1.29 is 0 Å². The van der Waals surface area contributed by atoms with E-state index in [-0.39, 0.29) is 0 Å². The maximum absolute atomic E-state index is 3.99. The lowest BCUT2D eigenvalue weighted by molar-refractivity contribution is 0.820. The van der Waals surface area contributed by atoms with E-state index >= 15 is 0 Å². The minimum atomic E-state index is 0.429. The molecule has 0 spiro atoms. The molecule has 0 fully saturated rings. The number of thioether (sulfide) groups is 1. The highest BCUT2D eigenvalue weighted by Gasteiger charge is 2.37. The monoisotopic (exact) mass is 470 g/mol. The Labute approximate surface area is 191 Å². The molecule has 0 radical (unpaired) electrons. The van der Waals surface area contributed by atoms with Gasteiger partial charge in [0.05, 0.1) is 5.25 Å². The smallest absolute Gasteiger partial charge is 0.0544 e. The highest BCUT2D eigenvalue weighted by atomic mass is 79.9. The van der Waals surface area contributed by atoms with Crippen LogP contribution < -0.4 is 0 Å². The van der Waals surface area contributed by atoms with Gasteiger partial charge in [0, 0.05) is 10.4 Å². The van der Waals surface area contributed by atoms with E-state index in [0.717, 1.165) is 6.42 Å². The second-order valence-electron chi connectivity index (χ2n) is 8.68. The summed E-state index contributed by atoms with van der Waals surface area (Å²) in [6.07, 6.45) is 5.98. The molecule has 0 amide bonds. The Hall–Kier alpha value is -2.03. The predicted molar refractivity (Wildman–Crippen MR) is 133 cm³/mol. The highest BCUT2D eigenvalue weighted by Crippen LogP contribution is 2.55. The van der Waals surface area contributed by atoms with Crippen molar-refractivity contribution in [2.45, 2.75) is 38.4 Å². The van der Waals surface area contributed by atoms with Crippen molar-refractivity contribution >= 4 is 27.7 Å². The lowest BCUT2D eigenvalue weighted by atomic mass is 9.83. The first-order valence-electron chi connectivity index (χ1n) is 10.6. The molecule has 2 heteroatoms. The van der Waals surface area contributed by atoms with Gasteiger partial charge in [0.1, 0.15) is 0 Å². The topological polar surface area (TPSA) is 0 Å². The van der Waals surface area contributed by atoms with E-state index in [4.69, 9.17) is 0 Å². The Kier molecular flexibility index (Phi) is 4.20. The average molecular weight is 471 g/mol. The fraction of sp³-hybridized carbons (Fsp3) is 0.214. The maximum Gasteiger partial charge on any atom is 0.0544 e.